The van der Waals surface area contributed by atoms with Crippen LogP contribution in [0.3, 0.4) is 0 Å². The van der Waals surface area contributed by atoms with Gasteiger partial charge in [0.05, 0.1) is 28.5 Å². The summed E-state index contributed by atoms with van der Waals surface area (Å²) in [6.45, 7) is 4.04. The second-order valence-electron chi connectivity index (χ2n) is 8.43. The van der Waals surface area contributed by atoms with Crippen LogP contribution >= 0.6 is 0 Å². The average molecular weight is 484 g/mol. The van der Waals surface area contributed by atoms with Gasteiger partial charge < -0.3 is 16.0 Å². The number of imidazole rings is 1. The second kappa shape index (κ2) is 9.80. The number of carbonyl (C=O) groups is 1. The lowest BCUT2D eigenvalue weighted by Crippen LogP contribution is -2.17. The molecule has 4 rings (SSSR count). The van der Waals surface area contributed by atoms with Crippen LogP contribution in [0.5, 0.6) is 0 Å². The summed E-state index contributed by atoms with van der Waals surface area (Å²) in [5, 5.41) is 3.01. The molecule has 1 saturated carbocycles. The van der Waals surface area contributed by atoms with Crippen LogP contribution in [0.25, 0.3) is 22.6 Å². The molecule has 2 aromatic heterocycles. The number of benzene rings is 1. The number of amides is 1. The number of sulfonamides is 1. The minimum absolute atomic E-state index is 0.0582. The Labute approximate surface area is 198 Å². The Morgan fingerprint density at radius 1 is 1.24 bits per heavy atom. The Morgan fingerprint density at radius 2 is 2.03 bits per heavy atom. The van der Waals surface area contributed by atoms with Gasteiger partial charge in [0, 0.05) is 30.6 Å². The Morgan fingerprint density at radius 3 is 2.74 bits per heavy atom. The predicted molar refractivity (Wildman–Crippen MR) is 132 cm³/mol. The van der Waals surface area contributed by atoms with E-state index in [0.717, 1.165) is 35.5 Å². The van der Waals surface area contributed by atoms with E-state index in [0.29, 0.717) is 41.9 Å². The van der Waals surface area contributed by atoms with Crippen molar-refractivity contribution >= 4 is 27.6 Å². The molecule has 0 spiro atoms. The number of H-pyrrole nitrogens is 1. The van der Waals surface area contributed by atoms with Crippen molar-refractivity contribution in [1.29, 1.82) is 0 Å². The van der Waals surface area contributed by atoms with Crippen LogP contribution in [0.15, 0.2) is 30.5 Å². The van der Waals surface area contributed by atoms with Crippen molar-refractivity contribution in [3.8, 4) is 22.6 Å². The Kier molecular flexibility index (Phi) is 6.82. The SMILES string of the molecule is CCCS(=O)(=O)Nc1cccc(-c2nc(C3CC3)[nH]c2-c2ccnc(NCCC(N)=O)n2)c1C. The highest BCUT2D eigenvalue weighted by atomic mass is 32.2. The molecule has 10 nitrogen and oxygen atoms in total. The lowest BCUT2D eigenvalue weighted by atomic mass is 10.0. The molecule has 1 aliphatic carbocycles. The van der Waals surface area contributed by atoms with E-state index in [4.69, 9.17) is 10.7 Å². The fourth-order valence-electron chi connectivity index (χ4n) is 3.69. The van der Waals surface area contributed by atoms with Crippen LogP contribution in [-0.4, -0.2) is 46.6 Å². The number of nitrogens with two attached hydrogens (primary N) is 1. The maximum absolute atomic E-state index is 12.4. The first-order chi connectivity index (χ1) is 16.3. The highest BCUT2D eigenvalue weighted by Crippen LogP contribution is 2.42. The molecule has 0 atom stereocenters. The molecule has 1 aliphatic rings. The lowest BCUT2D eigenvalue weighted by Gasteiger charge is -2.13. The molecule has 0 bridgehead atoms. The fourth-order valence-corrected chi connectivity index (χ4v) is 4.89. The van der Waals surface area contributed by atoms with Crippen molar-refractivity contribution in [2.45, 2.75) is 45.4 Å². The van der Waals surface area contributed by atoms with E-state index in [2.05, 4.69) is 25.0 Å². The van der Waals surface area contributed by atoms with E-state index >= 15 is 0 Å². The summed E-state index contributed by atoms with van der Waals surface area (Å²) in [4.78, 5) is 28.2. The van der Waals surface area contributed by atoms with Gasteiger partial charge in [0.15, 0.2) is 0 Å². The van der Waals surface area contributed by atoms with Gasteiger partial charge in [-0.15, -0.1) is 0 Å². The van der Waals surface area contributed by atoms with Gasteiger partial charge in [0.2, 0.25) is 21.9 Å². The molecule has 1 aromatic carbocycles. The van der Waals surface area contributed by atoms with Gasteiger partial charge in [-0.1, -0.05) is 19.1 Å². The van der Waals surface area contributed by atoms with Crippen LogP contribution in [0.1, 0.15) is 49.9 Å². The summed E-state index contributed by atoms with van der Waals surface area (Å²) < 4.78 is 27.4. The van der Waals surface area contributed by atoms with Gasteiger partial charge in [0.1, 0.15) is 5.82 Å². The zero-order valence-corrected chi connectivity index (χ0v) is 20.1. The number of aromatic amines is 1. The van der Waals surface area contributed by atoms with Crippen molar-refractivity contribution in [3.05, 3.63) is 41.9 Å². The molecule has 0 saturated heterocycles. The minimum Gasteiger partial charge on any atom is -0.370 e. The molecular weight excluding hydrogens is 454 g/mol. The maximum Gasteiger partial charge on any atom is 0.232 e. The Hall–Kier alpha value is -3.47. The standard InChI is InChI=1S/C23H29N7O3S/c1-3-13-34(32,33)30-17-6-4-5-16(14(17)2)20-21(29-22(28-20)15-7-8-15)18-9-11-25-23(27-18)26-12-10-19(24)31/h4-6,9,11,15,30H,3,7-8,10,12-13H2,1-2H3,(H2,24,31)(H,28,29)(H,25,26,27). The Bertz CT molecular complexity index is 1300. The van der Waals surface area contributed by atoms with Gasteiger partial charge in [-0.25, -0.2) is 23.4 Å². The normalized spacial score (nSPS) is 13.6. The van der Waals surface area contributed by atoms with Crippen LogP contribution in [-0.2, 0) is 14.8 Å². The topological polar surface area (TPSA) is 156 Å². The van der Waals surface area contributed by atoms with Crippen LogP contribution in [0.4, 0.5) is 11.6 Å². The molecule has 2 heterocycles. The van der Waals surface area contributed by atoms with Crippen molar-refractivity contribution in [1.82, 2.24) is 19.9 Å². The van der Waals surface area contributed by atoms with Gasteiger partial charge in [-0.3, -0.25) is 9.52 Å². The number of carbonyl (C=O) groups excluding carboxylic acids is 1. The summed E-state index contributed by atoms with van der Waals surface area (Å²) >= 11 is 0. The van der Waals surface area contributed by atoms with E-state index in [1.54, 1.807) is 18.3 Å². The summed E-state index contributed by atoms with van der Waals surface area (Å²) in [5.74, 6) is 1.31. The highest BCUT2D eigenvalue weighted by Gasteiger charge is 2.29. The molecule has 1 fully saturated rings. The Balaban J connectivity index is 1.72. The van der Waals surface area contributed by atoms with E-state index in [1.807, 2.05) is 26.0 Å². The van der Waals surface area contributed by atoms with Crippen LogP contribution in [0, 0.1) is 6.92 Å². The third-order valence-corrected chi connectivity index (χ3v) is 7.06. The molecule has 5 N–H and O–H groups in total. The first-order valence-corrected chi connectivity index (χ1v) is 13.0. The largest absolute Gasteiger partial charge is 0.370 e. The molecular formula is C23H29N7O3S. The zero-order chi connectivity index (χ0) is 24.3. The molecule has 1 amide bonds. The maximum atomic E-state index is 12.4. The third kappa shape index (κ3) is 5.53. The van der Waals surface area contributed by atoms with E-state index in [1.165, 1.54) is 0 Å². The highest BCUT2D eigenvalue weighted by molar-refractivity contribution is 7.92. The van der Waals surface area contributed by atoms with Crippen LogP contribution in [0.2, 0.25) is 0 Å². The predicted octanol–water partition coefficient (Wildman–Crippen LogP) is 3.16. The zero-order valence-electron chi connectivity index (χ0n) is 19.3. The smallest absolute Gasteiger partial charge is 0.232 e. The number of aromatic nitrogens is 4. The third-order valence-electron chi connectivity index (χ3n) is 5.58. The second-order valence-corrected chi connectivity index (χ2v) is 10.3. The van der Waals surface area contributed by atoms with Crippen molar-refractivity contribution < 1.29 is 13.2 Å². The summed E-state index contributed by atoms with van der Waals surface area (Å²) in [6, 6.07) is 7.29. The average Bonchev–Trinajstić information content (AvgIpc) is 3.54. The molecule has 3 aromatic rings. The van der Waals surface area contributed by atoms with Crippen molar-refractivity contribution in [2.75, 3.05) is 22.3 Å². The van der Waals surface area contributed by atoms with E-state index < -0.39 is 15.9 Å². The molecule has 0 radical (unpaired) electrons. The van der Waals surface area contributed by atoms with Gasteiger partial charge in [-0.2, -0.15) is 0 Å². The molecule has 34 heavy (non-hydrogen) atoms. The summed E-state index contributed by atoms with van der Waals surface area (Å²) in [6.07, 6.45) is 4.50. The van der Waals surface area contributed by atoms with Crippen molar-refractivity contribution in [2.24, 2.45) is 5.73 Å². The number of hydrogen-bond donors (Lipinski definition) is 4. The van der Waals surface area contributed by atoms with Gasteiger partial charge in [0.25, 0.3) is 0 Å². The number of nitrogens with one attached hydrogen (secondary N) is 3. The van der Waals surface area contributed by atoms with E-state index in [9.17, 15) is 13.2 Å². The number of nitrogens with zero attached hydrogens (tertiary/aromatic N) is 3. The fraction of sp³-hybridized carbons (Fsp3) is 0.391. The van der Waals surface area contributed by atoms with Crippen molar-refractivity contribution in [3.63, 3.8) is 0 Å². The number of primary amides is 1. The molecule has 0 unspecified atom stereocenters. The minimum atomic E-state index is -3.43. The molecule has 180 valence electrons. The summed E-state index contributed by atoms with van der Waals surface area (Å²) in [7, 11) is -3.43. The number of rotatable bonds is 11. The first-order valence-electron chi connectivity index (χ1n) is 11.3. The monoisotopic (exact) mass is 483 g/mol. The first kappa shape index (κ1) is 23.7. The van der Waals surface area contributed by atoms with Gasteiger partial charge >= 0.3 is 0 Å². The molecule has 11 heteroatoms. The number of hydrogen-bond acceptors (Lipinski definition) is 7. The summed E-state index contributed by atoms with van der Waals surface area (Å²) in [5.41, 5.74) is 9.42. The van der Waals surface area contributed by atoms with Gasteiger partial charge in [-0.05, 0) is 43.9 Å². The number of anilines is 2. The van der Waals surface area contributed by atoms with Crippen LogP contribution < -0.4 is 15.8 Å². The van der Waals surface area contributed by atoms with E-state index in [-0.39, 0.29) is 12.2 Å². The molecule has 0 aliphatic heterocycles. The lowest BCUT2D eigenvalue weighted by molar-refractivity contribution is -0.117. The quantitative estimate of drug-likeness (QED) is 0.326.